The Morgan fingerprint density at radius 1 is 1.17 bits per heavy atom. The van der Waals surface area contributed by atoms with Crippen LogP contribution in [0.5, 0.6) is 5.75 Å². The molecule has 0 radical (unpaired) electrons. The molecular formula is C22H14N2O6. The molecule has 1 aliphatic carbocycles. The largest absolute Gasteiger partial charge is 0.456 e. The van der Waals surface area contributed by atoms with E-state index in [-0.39, 0.29) is 39.7 Å². The van der Waals surface area contributed by atoms with Crippen molar-refractivity contribution in [3.63, 3.8) is 0 Å². The number of fused-ring (bicyclic) bond motifs is 2. The number of nitrogens with one attached hydrogen (secondary N) is 1. The zero-order valence-electron chi connectivity index (χ0n) is 15.7. The number of esters is 1. The number of anilines is 1. The highest BCUT2D eigenvalue weighted by atomic mass is 16.5. The molecule has 2 aromatic heterocycles. The molecule has 8 nitrogen and oxygen atoms in total. The van der Waals surface area contributed by atoms with E-state index in [4.69, 9.17) is 9.15 Å². The molecule has 1 N–H and O–H groups in total. The highest BCUT2D eigenvalue weighted by Gasteiger charge is 2.39. The predicted octanol–water partition coefficient (Wildman–Crippen LogP) is 3.10. The van der Waals surface area contributed by atoms with Crippen LogP contribution in [0.15, 0.2) is 59.7 Å². The number of benzene rings is 1. The number of nitrogens with zero attached hydrogens (tertiary/aromatic N) is 1. The summed E-state index contributed by atoms with van der Waals surface area (Å²) in [7, 11) is 0. The van der Waals surface area contributed by atoms with Gasteiger partial charge in [-0.05, 0) is 37.3 Å². The summed E-state index contributed by atoms with van der Waals surface area (Å²) >= 11 is 0. The van der Waals surface area contributed by atoms with Gasteiger partial charge < -0.3 is 14.5 Å². The van der Waals surface area contributed by atoms with Crippen LogP contribution in [0.3, 0.4) is 0 Å². The van der Waals surface area contributed by atoms with Crippen molar-refractivity contribution in [2.75, 3.05) is 5.32 Å². The summed E-state index contributed by atoms with van der Waals surface area (Å²) in [5.41, 5.74) is 0.166. The molecule has 0 unspecified atom stereocenters. The first kappa shape index (κ1) is 19.0. The highest BCUT2D eigenvalue weighted by molar-refractivity contribution is 6.29. The Bertz CT molecular complexity index is 1250. The second kappa shape index (κ2) is 7.25. The second-order valence-corrected chi connectivity index (χ2v) is 6.41. The van der Waals surface area contributed by atoms with Crippen molar-refractivity contribution >= 4 is 29.1 Å². The number of aryl methyl sites for hydroxylation is 1. The second-order valence-electron chi connectivity index (χ2n) is 6.41. The quantitative estimate of drug-likeness (QED) is 0.317. The zero-order chi connectivity index (χ0) is 21.4. The first-order chi connectivity index (χ1) is 14.4. The predicted molar refractivity (Wildman–Crippen MR) is 105 cm³/mol. The highest BCUT2D eigenvalue weighted by Crippen LogP contribution is 2.33. The van der Waals surface area contributed by atoms with Crippen LogP contribution < -0.4 is 10.1 Å². The number of rotatable bonds is 4. The summed E-state index contributed by atoms with van der Waals surface area (Å²) in [5, 5.41) is 2.55. The van der Waals surface area contributed by atoms with Gasteiger partial charge in [-0.25, -0.2) is 4.79 Å². The number of ketones is 2. The van der Waals surface area contributed by atoms with Gasteiger partial charge in [-0.2, -0.15) is 0 Å². The molecule has 1 aliphatic rings. The number of pyridine rings is 1. The van der Waals surface area contributed by atoms with Gasteiger partial charge in [0.05, 0.1) is 11.1 Å². The van der Waals surface area contributed by atoms with Gasteiger partial charge in [0.25, 0.3) is 0 Å². The number of hydrogen-bond donors (Lipinski definition) is 1. The average Bonchev–Trinajstić information content (AvgIpc) is 3.10. The van der Waals surface area contributed by atoms with Crippen LogP contribution in [-0.2, 0) is 4.79 Å². The Labute approximate surface area is 170 Å². The van der Waals surface area contributed by atoms with Crippen LogP contribution in [0.25, 0.3) is 0 Å². The molecule has 3 aromatic rings. The molecule has 0 fully saturated rings. The van der Waals surface area contributed by atoms with Gasteiger partial charge in [-0.15, -0.1) is 0 Å². The van der Waals surface area contributed by atoms with Crippen molar-refractivity contribution in [2.24, 2.45) is 0 Å². The zero-order valence-corrected chi connectivity index (χ0v) is 15.7. The fourth-order valence-corrected chi connectivity index (χ4v) is 3.17. The molecule has 0 saturated heterocycles. The standard InChI is InChI=1S/C22H14N2O6/c1-3-15(25)24-12-6-4-7-13(10-12)30-22(28)16-11(2)29-21-17(16)20(27)18-14(19(21)26)8-5-9-23-18/h3-10H,1H2,2H3,(H,24,25). The summed E-state index contributed by atoms with van der Waals surface area (Å²) in [4.78, 5) is 53.9. The maximum Gasteiger partial charge on any atom is 0.347 e. The molecule has 1 amide bonds. The minimum absolute atomic E-state index is 0.0426. The summed E-state index contributed by atoms with van der Waals surface area (Å²) in [6.07, 6.45) is 2.50. The SMILES string of the molecule is C=CC(=O)Nc1cccc(OC(=O)c2c(C)oc3c2C(=O)c2ncccc2C3=O)c1. The molecule has 2 heterocycles. The molecule has 0 aliphatic heterocycles. The number of carbonyl (C=O) groups excluding carboxylic acids is 4. The van der Waals surface area contributed by atoms with Crippen molar-refractivity contribution in [3.8, 4) is 5.75 Å². The fourth-order valence-electron chi connectivity index (χ4n) is 3.17. The van der Waals surface area contributed by atoms with Crippen molar-refractivity contribution in [2.45, 2.75) is 6.92 Å². The number of ether oxygens (including phenoxy) is 1. The van der Waals surface area contributed by atoms with Crippen molar-refractivity contribution in [1.29, 1.82) is 0 Å². The van der Waals surface area contributed by atoms with Crippen LogP contribution in [0.2, 0.25) is 0 Å². The fraction of sp³-hybridized carbons (Fsp3) is 0.0455. The maximum atomic E-state index is 12.9. The number of carbonyl (C=O) groups is 4. The van der Waals surface area contributed by atoms with E-state index in [1.165, 1.54) is 37.4 Å². The van der Waals surface area contributed by atoms with Crippen LogP contribution in [-0.4, -0.2) is 28.4 Å². The maximum absolute atomic E-state index is 12.9. The first-order valence-corrected chi connectivity index (χ1v) is 8.84. The Kier molecular flexibility index (Phi) is 4.59. The molecule has 0 saturated carbocycles. The van der Waals surface area contributed by atoms with Crippen LogP contribution in [0, 0.1) is 6.92 Å². The van der Waals surface area contributed by atoms with Crippen LogP contribution >= 0.6 is 0 Å². The van der Waals surface area contributed by atoms with Gasteiger partial charge in [-0.3, -0.25) is 19.4 Å². The smallest absolute Gasteiger partial charge is 0.347 e. The molecule has 0 spiro atoms. The van der Waals surface area contributed by atoms with E-state index >= 15 is 0 Å². The number of aromatic nitrogens is 1. The van der Waals surface area contributed by atoms with E-state index in [2.05, 4.69) is 16.9 Å². The Morgan fingerprint density at radius 2 is 1.97 bits per heavy atom. The average molecular weight is 402 g/mol. The van der Waals surface area contributed by atoms with Gasteiger partial charge in [0, 0.05) is 18.0 Å². The molecule has 148 valence electrons. The van der Waals surface area contributed by atoms with Gasteiger partial charge >= 0.3 is 5.97 Å². The molecule has 1 aromatic carbocycles. The third-order valence-corrected chi connectivity index (χ3v) is 4.49. The van der Waals surface area contributed by atoms with Crippen molar-refractivity contribution in [3.05, 3.63) is 89.2 Å². The summed E-state index contributed by atoms with van der Waals surface area (Å²) in [6, 6.07) is 9.14. The Morgan fingerprint density at radius 3 is 2.73 bits per heavy atom. The van der Waals surface area contributed by atoms with Gasteiger partial charge in [0.2, 0.25) is 17.5 Å². The molecule has 8 heteroatoms. The van der Waals surface area contributed by atoms with E-state index in [9.17, 15) is 19.2 Å². The third-order valence-electron chi connectivity index (χ3n) is 4.49. The lowest BCUT2D eigenvalue weighted by atomic mass is 9.90. The number of furan rings is 1. The van der Waals surface area contributed by atoms with E-state index < -0.39 is 23.4 Å². The first-order valence-electron chi connectivity index (χ1n) is 8.84. The normalized spacial score (nSPS) is 12.0. The molecule has 0 bridgehead atoms. The van der Waals surface area contributed by atoms with Gasteiger partial charge in [0.1, 0.15) is 22.8 Å². The van der Waals surface area contributed by atoms with Crippen molar-refractivity contribution < 1.29 is 28.3 Å². The summed E-state index contributed by atoms with van der Waals surface area (Å²) < 4.78 is 10.8. The minimum atomic E-state index is -0.870. The van der Waals surface area contributed by atoms with Gasteiger partial charge in [0.15, 0.2) is 5.76 Å². The van der Waals surface area contributed by atoms with Crippen LogP contribution in [0.4, 0.5) is 5.69 Å². The molecule has 30 heavy (non-hydrogen) atoms. The van der Waals surface area contributed by atoms with Gasteiger partial charge in [-0.1, -0.05) is 12.6 Å². The monoisotopic (exact) mass is 402 g/mol. The lowest BCUT2D eigenvalue weighted by Gasteiger charge is -2.12. The Balaban J connectivity index is 1.69. The topological polar surface area (TPSA) is 116 Å². The van der Waals surface area contributed by atoms with E-state index in [0.29, 0.717) is 5.69 Å². The third kappa shape index (κ3) is 3.10. The number of hydrogen-bond acceptors (Lipinski definition) is 7. The molecular weight excluding hydrogens is 388 g/mol. The molecule has 4 rings (SSSR count). The summed E-state index contributed by atoms with van der Waals surface area (Å²) in [5.74, 6) is -2.41. The van der Waals surface area contributed by atoms with E-state index in [0.717, 1.165) is 6.08 Å². The number of amides is 1. The van der Waals surface area contributed by atoms with Crippen LogP contribution in [0.1, 0.15) is 48.3 Å². The molecule has 0 atom stereocenters. The summed E-state index contributed by atoms with van der Waals surface area (Å²) in [6.45, 7) is 4.84. The lowest BCUT2D eigenvalue weighted by molar-refractivity contribution is -0.111. The minimum Gasteiger partial charge on any atom is -0.456 e. The van der Waals surface area contributed by atoms with Crippen molar-refractivity contribution in [1.82, 2.24) is 4.98 Å². The van der Waals surface area contributed by atoms with E-state index in [1.54, 1.807) is 12.1 Å². The lowest BCUT2D eigenvalue weighted by Crippen LogP contribution is -2.23. The Hall–Kier alpha value is -4.33. The van der Waals surface area contributed by atoms with E-state index in [1.807, 2.05) is 0 Å².